The van der Waals surface area contributed by atoms with E-state index < -0.39 is 0 Å². The number of rotatable bonds is 2. The van der Waals surface area contributed by atoms with Crippen molar-refractivity contribution >= 4 is 11.6 Å². The van der Waals surface area contributed by atoms with Gasteiger partial charge in [0.25, 0.3) is 0 Å². The second kappa shape index (κ2) is 3.91. The average molecular weight is 283 g/mol. The van der Waals surface area contributed by atoms with Gasteiger partial charge in [-0.2, -0.15) is 0 Å². The molecule has 4 aliphatic rings. The van der Waals surface area contributed by atoms with Crippen LogP contribution in [0.5, 0.6) is 0 Å². The second-order valence-electron chi connectivity index (χ2n) is 8.67. The maximum Gasteiger partial charge on any atom is 0.221 e. The highest BCUT2D eigenvalue weighted by Crippen LogP contribution is 2.74. The summed E-state index contributed by atoms with van der Waals surface area (Å²) >= 11 is 0. The maximum atomic E-state index is 11.2. The number of hydrogen-bond acceptors (Lipinski definition) is 1. The first-order valence-corrected chi connectivity index (χ1v) is 8.21. The van der Waals surface area contributed by atoms with Gasteiger partial charge < -0.3 is 5.32 Å². The highest BCUT2D eigenvalue weighted by molar-refractivity contribution is 5.88. The summed E-state index contributed by atoms with van der Waals surface area (Å²) in [5.74, 6) is 0.870. The number of nitrogens with one attached hydrogen (secondary N) is 1. The molecule has 1 aromatic rings. The minimum Gasteiger partial charge on any atom is -0.326 e. The molecule has 1 amide bonds. The summed E-state index contributed by atoms with van der Waals surface area (Å²) in [5.41, 5.74) is 3.96. The average Bonchev–Trinajstić information content (AvgIpc) is 2.68. The Labute approximate surface area is 127 Å². The molecule has 1 aromatic carbocycles. The van der Waals surface area contributed by atoms with Crippen molar-refractivity contribution in [3.63, 3.8) is 0 Å². The van der Waals surface area contributed by atoms with Crippen LogP contribution in [0.15, 0.2) is 24.3 Å². The van der Waals surface area contributed by atoms with E-state index in [1.807, 2.05) is 0 Å². The zero-order valence-electron chi connectivity index (χ0n) is 13.3. The molecule has 21 heavy (non-hydrogen) atoms. The first-order valence-electron chi connectivity index (χ1n) is 8.21. The normalized spacial score (nSPS) is 43.3. The van der Waals surface area contributed by atoms with Crippen molar-refractivity contribution in [3.05, 3.63) is 29.8 Å². The van der Waals surface area contributed by atoms with Crippen LogP contribution in [0.2, 0.25) is 0 Å². The predicted molar refractivity (Wildman–Crippen MR) is 85.2 cm³/mol. The minimum absolute atomic E-state index is 0.00166. The summed E-state index contributed by atoms with van der Waals surface area (Å²) in [6.45, 7) is 6.57. The first kappa shape index (κ1) is 13.4. The maximum absolute atomic E-state index is 11.2. The van der Waals surface area contributed by atoms with Gasteiger partial charge in [0.05, 0.1) is 0 Å². The molecule has 2 nitrogen and oxygen atoms in total. The molecule has 0 spiro atoms. The summed E-state index contributed by atoms with van der Waals surface area (Å²) in [6, 6.07) is 8.69. The molecule has 0 radical (unpaired) electrons. The molecule has 4 bridgehead atoms. The van der Waals surface area contributed by atoms with Crippen molar-refractivity contribution in [2.45, 2.75) is 58.3 Å². The molecule has 4 saturated carbocycles. The largest absolute Gasteiger partial charge is 0.326 e. The van der Waals surface area contributed by atoms with E-state index in [0.29, 0.717) is 16.2 Å². The molecule has 4 fully saturated rings. The Hall–Kier alpha value is -1.31. The standard InChI is InChI=1S/C19H25NO/c1-13(21)20-16-6-4-14(5-7-16)19-11-17(2)8-15(19)9-18(3,10-17)12-19/h4-7,15H,8-12H2,1-3H3,(H,20,21). The fourth-order valence-corrected chi connectivity index (χ4v) is 6.50. The molecular formula is C19H25NO. The van der Waals surface area contributed by atoms with E-state index in [-0.39, 0.29) is 5.91 Å². The smallest absolute Gasteiger partial charge is 0.221 e. The van der Waals surface area contributed by atoms with Gasteiger partial charge in [-0.3, -0.25) is 4.79 Å². The van der Waals surface area contributed by atoms with Crippen LogP contribution in [0.4, 0.5) is 5.69 Å². The van der Waals surface area contributed by atoms with Gasteiger partial charge in [0, 0.05) is 12.6 Å². The molecular weight excluding hydrogens is 258 g/mol. The lowest BCUT2D eigenvalue weighted by atomic mass is 9.60. The molecule has 1 N–H and O–H groups in total. The molecule has 0 saturated heterocycles. The summed E-state index contributed by atoms with van der Waals surface area (Å²) in [7, 11) is 0. The molecule has 0 aliphatic heterocycles. The number of amides is 1. The lowest BCUT2D eigenvalue weighted by Gasteiger charge is -2.44. The van der Waals surface area contributed by atoms with Crippen molar-refractivity contribution in [1.29, 1.82) is 0 Å². The summed E-state index contributed by atoms with van der Waals surface area (Å²) in [4.78, 5) is 11.2. The molecule has 2 atom stereocenters. The van der Waals surface area contributed by atoms with Crippen LogP contribution in [-0.2, 0) is 10.2 Å². The Morgan fingerprint density at radius 3 is 2.14 bits per heavy atom. The quantitative estimate of drug-likeness (QED) is 0.850. The van der Waals surface area contributed by atoms with Crippen LogP contribution in [0.3, 0.4) is 0 Å². The van der Waals surface area contributed by atoms with E-state index in [0.717, 1.165) is 11.6 Å². The SMILES string of the molecule is CC(=O)Nc1ccc(C23CC4(C)CC2CC(C)(C4)C3)cc1. The molecule has 112 valence electrons. The lowest BCUT2D eigenvalue weighted by Crippen LogP contribution is -2.35. The number of carbonyl (C=O) groups excluding carboxylic acids is 1. The van der Waals surface area contributed by atoms with Crippen LogP contribution >= 0.6 is 0 Å². The van der Waals surface area contributed by atoms with E-state index in [2.05, 4.69) is 43.4 Å². The minimum atomic E-state index is 0.00166. The van der Waals surface area contributed by atoms with Crippen molar-refractivity contribution in [3.8, 4) is 0 Å². The highest BCUT2D eigenvalue weighted by atomic mass is 16.1. The Bertz CT molecular complexity index is 584. The third-order valence-electron chi connectivity index (χ3n) is 6.38. The number of anilines is 1. The third-order valence-corrected chi connectivity index (χ3v) is 6.38. The van der Waals surface area contributed by atoms with Gasteiger partial charge in [0.15, 0.2) is 0 Å². The van der Waals surface area contributed by atoms with E-state index in [1.165, 1.54) is 37.7 Å². The van der Waals surface area contributed by atoms with Crippen LogP contribution in [0.1, 0.15) is 58.4 Å². The van der Waals surface area contributed by atoms with Crippen LogP contribution in [0.25, 0.3) is 0 Å². The summed E-state index contributed by atoms with van der Waals surface area (Å²) in [6.07, 6.45) is 6.97. The lowest BCUT2D eigenvalue weighted by molar-refractivity contribution is -0.114. The van der Waals surface area contributed by atoms with Crippen LogP contribution in [0, 0.1) is 16.7 Å². The molecule has 5 rings (SSSR count). The van der Waals surface area contributed by atoms with Gasteiger partial charge in [-0.05, 0) is 72.0 Å². The fraction of sp³-hybridized carbons (Fsp3) is 0.632. The van der Waals surface area contributed by atoms with Gasteiger partial charge in [-0.15, -0.1) is 0 Å². The van der Waals surface area contributed by atoms with Gasteiger partial charge in [0.2, 0.25) is 5.91 Å². The first-order chi connectivity index (χ1) is 9.83. The van der Waals surface area contributed by atoms with Gasteiger partial charge in [-0.25, -0.2) is 0 Å². The monoisotopic (exact) mass is 283 g/mol. The van der Waals surface area contributed by atoms with E-state index in [4.69, 9.17) is 0 Å². The van der Waals surface area contributed by atoms with Crippen molar-refractivity contribution in [2.24, 2.45) is 16.7 Å². The van der Waals surface area contributed by atoms with Crippen molar-refractivity contribution < 1.29 is 4.79 Å². The van der Waals surface area contributed by atoms with Crippen LogP contribution < -0.4 is 5.32 Å². The molecule has 2 unspecified atom stereocenters. The Balaban J connectivity index is 1.69. The zero-order valence-corrected chi connectivity index (χ0v) is 13.3. The fourth-order valence-electron chi connectivity index (χ4n) is 6.50. The molecule has 2 heteroatoms. The predicted octanol–water partition coefficient (Wildman–Crippen LogP) is 4.50. The highest BCUT2D eigenvalue weighted by Gasteiger charge is 2.66. The number of carbonyl (C=O) groups is 1. The second-order valence-corrected chi connectivity index (χ2v) is 8.67. The van der Waals surface area contributed by atoms with E-state index in [9.17, 15) is 4.79 Å². The van der Waals surface area contributed by atoms with Crippen molar-refractivity contribution in [1.82, 2.24) is 0 Å². The van der Waals surface area contributed by atoms with Gasteiger partial charge in [-0.1, -0.05) is 26.0 Å². The molecule has 4 aliphatic carbocycles. The topological polar surface area (TPSA) is 29.1 Å². The Kier molecular flexibility index (Phi) is 2.49. The summed E-state index contributed by atoms with van der Waals surface area (Å²) < 4.78 is 0. The Morgan fingerprint density at radius 1 is 1.05 bits per heavy atom. The number of benzene rings is 1. The van der Waals surface area contributed by atoms with Gasteiger partial charge in [0.1, 0.15) is 0 Å². The summed E-state index contributed by atoms with van der Waals surface area (Å²) in [5, 5.41) is 2.87. The molecule has 0 heterocycles. The zero-order chi connectivity index (χ0) is 14.9. The molecule has 0 aromatic heterocycles. The van der Waals surface area contributed by atoms with E-state index >= 15 is 0 Å². The van der Waals surface area contributed by atoms with Gasteiger partial charge >= 0.3 is 0 Å². The van der Waals surface area contributed by atoms with Crippen molar-refractivity contribution in [2.75, 3.05) is 5.32 Å². The third kappa shape index (κ3) is 1.88. The Morgan fingerprint density at radius 2 is 1.62 bits per heavy atom. The van der Waals surface area contributed by atoms with Crippen LogP contribution in [-0.4, -0.2) is 5.91 Å². The van der Waals surface area contributed by atoms with E-state index in [1.54, 1.807) is 6.92 Å². The number of hydrogen-bond donors (Lipinski definition) is 1.